The number of aromatic nitrogens is 4. The van der Waals surface area contributed by atoms with Crippen molar-refractivity contribution in [1.82, 2.24) is 35.3 Å². The standard InChI is InChI=1S/C51H60F7N9O5.C9H14F3NO3/c1-29(2)44(59)46(69)72-43(26-60-25-38-39(52)20-33(21-40(38)53)41-17-18-66(64-41)47(54)55)34(22-42(68)45(63-49(70)71-5)50(3,4)51(56,57)58)19-31-12-9-30(10-13-31)11-14-32-23-61-48(62-24-32)65-27-36-15-16-37(28-65)67(36)35-7-6-8-35;1-8(2,9(10,11)12)5(7(13)15)4-6(14)16-3/h9-10,12-13,17-18,20-21,23-24,29,34-37,43-45,47,60H,6-8,15-16,19,22,25-28,59H2,1-5H3,(H,63,70);5H,4H2,1-3H3,(H2,13,15)/t34-,36?,37?,43+,44+,45-;5-/m11/s1. The van der Waals surface area contributed by atoms with Crippen molar-refractivity contribution in [2.75, 3.05) is 38.8 Å². The van der Waals surface area contributed by atoms with Crippen LogP contribution in [-0.2, 0) is 46.4 Å². The second-order valence-corrected chi connectivity index (χ2v) is 23.7. The van der Waals surface area contributed by atoms with Crippen molar-refractivity contribution in [3.8, 4) is 23.1 Å². The number of anilines is 1. The maximum absolute atomic E-state index is 15.5. The summed E-state index contributed by atoms with van der Waals surface area (Å²) in [6.07, 6.45) is -3.24. The number of rotatable bonds is 23. The number of alkyl halides is 8. The highest BCUT2D eigenvalue weighted by Crippen LogP contribution is 2.45. The molecular weight excluding hydrogens is 1180 g/mol. The van der Waals surface area contributed by atoms with Gasteiger partial charge in [-0.1, -0.05) is 58.1 Å². The first-order valence-electron chi connectivity index (χ1n) is 28.5. The van der Waals surface area contributed by atoms with Gasteiger partial charge in [0, 0.05) is 91.9 Å². The second kappa shape index (κ2) is 29.3. The molecule has 3 fully saturated rings. The summed E-state index contributed by atoms with van der Waals surface area (Å²) in [5.74, 6) is -2.58. The van der Waals surface area contributed by atoms with Crippen LogP contribution in [0.4, 0.5) is 54.6 Å². The van der Waals surface area contributed by atoms with Gasteiger partial charge in [0.25, 0.3) is 0 Å². The monoisotopic (exact) mass is 1250 g/mol. The Labute approximate surface area is 503 Å². The summed E-state index contributed by atoms with van der Waals surface area (Å²) < 4.78 is 154. The molecule has 2 aromatic carbocycles. The summed E-state index contributed by atoms with van der Waals surface area (Å²) in [4.78, 5) is 76.3. The molecule has 482 valence electrons. The zero-order chi connectivity index (χ0) is 65.2. The first kappa shape index (κ1) is 69.7. The van der Waals surface area contributed by atoms with Crippen LogP contribution in [0.15, 0.2) is 61.1 Å². The molecule has 4 heterocycles. The molecule has 1 aliphatic carbocycles. The lowest BCUT2D eigenvalue weighted by Crippen LogP contribution is -2.59. The molecule has 28 heteroatoms. The Morgan fingerprint density at radius 3 is 1.85 bits per heavy atom. The maximum atomic E-state index is 15.5. The van der Waals surface area contributed by atoms with Gasteiger partial charge in [0.05, 0.1) is 48.6 Å². The molecule has 0 radical (unpaired) electrons. The molecule has 1 saturated carbocycles. The fourth-order valence-electron chi connectivity index (χ4n) is 10.6. The van der Waals surface area contributed by atoms with Crippen molar-refractivity contribution in [1.29, 1.82) is 0 Å². The fraction of sp³-hybridized carbons (Fsp3) is 0.567. The number of nitrogens with one attached hydrogen (secondary N) is 2. The van der Waals surface area contributed by atoms with Crippen LogP contribution in [0.1, 0.15) is 115 Å². The van der Waals surface area contributed by atoms with Crippen molar-refractivity contribution >= 4 is 35.7 Å². The summed E-state index contributed by atoms with van der Waals surface area (Å²) in [5.41, 5.74) is 6.85. The lowest BCUT2D eigenvalue weighted by molar-refractivity contribution is -0.229. The number of hydrogen-bond acceptors (Lipinski definition) is 15. The Bertz CT molecular complexity index is 3090. The number of Topliss-reactive ketones (excluding diaryl/α,β-unsaturated/α-hetero) is 1. The molecule has 0 spiro atoms. The highest BCUT2D eigenvalue weighted by molar-refractivity contribution is 5.88. The quantitative estimate of drug-likeness (QED) is 0.0235. The molecule has 4 aromatic rings. The predicted molar refractivity (Wildman–Crippen MR) is 301 cm³/mol. The van der Waals surface area contributed by atoms with Gasteiger partial charge in [0.1, 0.15) is 29.8 Å². The van der Waals surface area contributed by atoms with Gasteiger partial charge in [-0.15, -0.1) is 0 Å². The highest BCUT2D eigenvalue weighted by Gasteiger charge is 2.57. The molecule has 2 bridgehead atoms. The Balaban J connectivity index is 0.000000675. The zero-order valence-electron chi connectivity index (χ0n) is 49.9. The number of alkyl carbamates (subject to hydrolysis) is 1. The normalized spacial score (nSPS) is 18.2. The van der Waals surface area contributed by atoms with E-state index in [2.05, 4.69) is 51.5 Å². The van der Waals surface area contributed by atoms with E-state index >= 15 is 8.78 Å². The number of methoxy groups -OCH3 is 2. The van der Waals surface area contributed by atoms with Gasteiger partial charge in [-0.05, 0) is 87.8 Å². The minimum Gasteiger partial charge on any atom is -0.469 e. The minimum atomic E-state index is -5.00. The van der Waals surface area contributed by atoms with Gasteiger partial charge in [-0.25, -0.2) is 28.2 Å². The Hall–Kier alpha value is -7.38. The first-order valence-corrected chi connectivity index (χ1v) is 28.5. The summed E-state index contributed by atoms with van der Waals surface area (Å²) >= 11 is 0. The van der Waals surface area contributed by atoms with Crippen molar-refractivity contribution in [3.63, 3.8) is 0 Å². The third kappa shape index (κ3) is 17.3. The van der Waals surface area contributed by atoms with Crippen LogP contribution in [0.3, 0.4) is 0 Å². The summed E-state index contributed by atoms with van der Waals surface area (Å²) in [6.45, 7) is 4.34. The number of hydrogen-bond donors (Lipinski definition) is 4. The van der Waals surface area contributed by atoms with E-state index in [9.17, 15) is 59.1 Å². The van der Waals surface area contributed by atoms with E-state index in [1.807, 2.05) is 5.32 Å². The molecule has 2 amide bonds. The van der Waals surface area contributed by atoms with Gasteiger partial charge in [0.2, 0.25) is 11.9 Å². The number of primary amides is 1. The summed E-state index contributed by atoms with van der Waals surface area (Å²) in [5, 5.41) is 8.54. The Morgan fingerprint density at radius 1 is 0.784 bits per heavy atom. The largest absolute Gasteiger partial charge is 0.469 e. The summed E-state index contributed by atoms with van der Waals surface area (Å²) in [7, 11) is 1.96. The number of fused-ring (bicyclic) bond motifs is 2. The number of esters is 2. The molecule has 2 unspecified atom stereocenters. The SMILES string of the molecule is COC(=O)C[C@H](C(N)=O)C(C)(C)C(F)(F)F.COC(=O)N[C@H](C(=O)C[C@@H](Cc1ccc(C#Cc2cnc(N3CC4CCC(C3)N4C3CCC3)nc2)cc1)[C@H](CNCc1c(F)cc(-c2ccn(C(F)F)n2)cc1F)OC(=O)[C@@H](N)C(C)C)C(C)(C)C(F)(F)F. The van der Waals surface area contributed by atoms with Crippen LogP contribution in [0.2, 0.25) is 0 Å². The number of carbonyl (C=O) groups is 5. The smallest absolute Gasteiger partial charge is 0.407 e. The molecule has 7 rings (SSSR count). The van der Waals surface area contributed by atoms with Crippen LogP contribution in [0.5, 0.6) is 0 Å². The van der Waals surface area contributed by atoms with Crippen LogP contribution in [0, 0.1) is 52.1 Å². The number of carbonyl (C=O) groups excluding carboxylic acids is 5. The molecule has 2 saturated heterocycles. The van der Waals surface area contributed by atoms with Gasteiger partial charge < -0.3 is 41.2 Å². The van der Waals surface area contributed by atoms with Crippen LogP contribution < -0.4 is 27.0 Å². The summed E-state index contributed by atoms with van der Waals surface area (Å²) in [6, 6.07) is 8.12. The molecule has 2 aromatic heterocycles. The molecule has 18 nitrogen and oxygen atoms in total. The fourth-order valence-corrected chi connectivity index (χ4v) is 10.6. The molecule has 6 N–H and O–H groups in total. The van der Waals surface area contributed by atoms with E-state index in [1.54, 1.807) is 50.5 Å². The van der Waals surface area contributed by atoms with Crippen LogP contribution >= 0.6 is 0 Å². The number of piperazine rings is 1. The van der Waals surface area contributed by atoms with E-state index in [0.717, 1.165) is 79.4 Å². The third-order valence-electron chi connectivity index (χ3n) is 16.7. The predicted octanol–water partition coefficient (Wildman–Crippen LogP) is 8.97. The number of amides is 2. The van der Waals surface area contributed by atoms with E-state index in [1.165, 1.54) is 32.1 Å². The van der Waals surface area contributed by atoms with E-state index in [0.29, 0.717) is 45.4 Å². The Morgan fingerprint density at radius 2 is 1.36 bits per heavy atom. The van der Waals surface area contributed by atoms with E-state index in [-0.39, 0.29) is 17.7 Å². The number of nitrogens with zero attached hydrogens (tertiary/aromatic N) is 6. The minimum absolute atomic E-state index is 0.0952. The topological polar surface area (TPSA) is 239 Å². The molecule has 88 heavy (non-hydrogen) atoms. The van der Waals surface area contributed by atoms with Crippen LogP contribution in [0.25, 0.3) is 11.3 Å². The third-order valence-corrected chi connectivity index (χ3v) is 16.7. The highest BCUT2D eigenvalue weighted by atomic mass is 19.4. The Kier molecular flexibility index (Phi) is 23.2. The van der Waals surface area contributed by atoms with Gasteiger partial charge in [0.15, 0.2) is 5.78 Å². The number of nitrogens with two attached hydrogens (primary N) is 2. The van der Waals surface area contributed by atoms with Crippen molar-refractivity contribution in [2.45, 2.75) is 155 Å². The first-order chi connectivity index (χ1) is 41.2. The number of ether oxygens (including phenoxy) is 3. The van der Waals surface area contributed by atoms with Crippen LogP contribution in [-0.4, -0.2) is 137 Å². The second-order valence-electron chi connectivity index (χ2n) is 23.7. The average molecular weight is 1250 g/mol. The van der Waals surface area contributed by atoms with Gasteiger partial charge in [-0.2, -0.15) is 40.2 Å². The molecule has 7 atom stereocenters. The molecule has 2 aliphatic heterocycles. The number of halogens is 10. The van der Waals surface area contributed by atoms with Gasteiger partial charge in [-0.3, -0.25) is 24.1 Å². The number of ketones is 1. The zero-order valence-corrected chi connectivity index (χ0v) is 49.9. The molecule has 3 aliphatic rings. The van der Waals surface area contributed by atoms with E-state index < -0.39 is 139 Å². The number of benzene rings is 2. The lowest BCUT2D eigenvalue weighted by atomic mass is 9.76. The maximum Gasteiger partial charge on any atom is 0.407 e. The molecular formula is C60H74F10N10O8. The van der Waals surface area contributed by atoms with Crippen molar-refractivity contribution in [3.05, 3.63) is 94.9 Å². The van der Waals surface area contributed by atoms with Crippen molar-refractivity contribution in [2.24, 2.45) is 40.1 Å². The average Bonchev–Trinajstić information content (AvgIpc) is 2.68. The van der Waals surface area contributed by atoms with Gasteiger partial charge >= 0.3 is 36.9 Å². The van der Waals surface area contributed by atoms with E-state index in [4.69, 9.17) is 16.2 Å². The lowest BCUT2D eigenvalue weighted by Gasteiger charge is -2.48. The van der Waals surface area contributed by atoms with Crippen molar-refractivity contribution < 1.29 is 82.1 Å².